The minimum absolute atomic E-state index is 0.0215. The summed E-state index contributed by atoms with van der Waals surface area (Å²) in [6.07, 6.45) is 4.46. The number of esters is 1. The Balaban J connectivity index is 1.84. The lowest BCUT2D eigenvalue weighted by atomic mass is 10.0. The van der Waals surface area contributed by atoms with E-state index in [0.717, 1.165) is 30.5 Å². The van der Waals surface area contributed by atoms with E-state index in [1.165, 1.54) is 7.11 Å². The lowest BCUT2D eigenvalue weighted by Gasteiger charge is -2.12. The molecule has 0 amide bonds. The zero-order valence-corrected chi connectivity index (χ0v) is 16.2. The molecule has 9 heteroatoms. The molecule has 8 nitrogen and oxygen atoms in total. The lowest BCUT2D eigenvalue weighted by molar-refractivity contribution is 0.0601. The van der Waals surface area contributed by atoms with Crippen molar-refractivity contribution < 1.29 is 22.4 Å². The molecule has 1 aliphatic heterocycles. The maximum atomic E-state index is 12.7. The highest BCUT2D eigenvalue weighted by Crippen LogP contribution is 2.38. The number of rotatable bonds is 3. The van der Waals surface area contributed by atoms with Crippen molar-refractivity contribution in [2.45, 2.75) is 31.7 Å². The van der Waals surface area contributed by atoms with Crippen LogP contribution in [0.15, 0.2) is 22.8 Å². The lowest BCUT2D eigenvalue weighted by Crippen LogP contribution is -2.14. The van der Waals surface area contributed by atoms with Gasteiger partial charge in [0.15, 0.2) is 21.2 Å². The zero-order chi connectivity index (χ0) is 19.5. The van der Waals surface area contributed by atoms with Crippen LogP contribution in [0.2, 0.25) is 0 Å². The number of nitrogens with zero attached hydrogens (tertiary/aromatic N) is 3. The summed E-state index contributed by atoms with van der Waals surface area (Å²) in [4.78, 5) is 17.5. The van der Waals surface area contributed by atoms with Crippen LogP contribution < -0.4 is 0 Å². The molecule has 0 bridgehead atoms. The van der Waals surface area contributed by atoms with Crippen LogP contribution in [0.1, 0.15) is 40.5 Å². The SMILES string of the molecule is COC(=O)c1c2c(nc3c1c(-c1ccco1)nn3C1CCS(=O)(=O)C1)CCC2. The summed E-state index contributed by atoms with van der Waals surface area (Å²) < 4.78 is 36.4. The fourth-order valence-electron chi connectivity index (χ4n) is 4.30. The average molecular weight is 401 g/mol. The van der Waals surface area contributed by atoms with Gasteiger partial charge in [0, 0.05) is 5.69 Å². The highest BCUT2D eigenvalue weighted by molar-refractivity contribution is 7.91. The minimum atomic E-state index is -3.10. The number of aromatic nitrogens is 3. The van der Waals surface area contributed by atoms with E-state index >= 15 is 0 Å². The smallest absolute Gasteiger partial charge is 0.339 e. The van der Waals surface area contributed by atoms with E-state index in [1.54, 1.807) is 23.1 Å². The second-order valence-electron chi connectivity index (χ2n) is 7.28. The van der Waals surface area contributed by atoms with Gasteiger partial charge in [-0.1, -0.05) is 0 Å². The summed E-state index contributed by atoms with van der Waals surface area (Å²) >= 11 is 0. The normalized spacial score (nSPS) is 20.5. The molecule has 1 aliphatic carbocycles. The van der Waals surface area contributed by atoms with Gasteiger partial charge in [-0.15, -0.1) is 0 Å². The van der Waals surface area contributed by atoms with Gasteiger partial charge in [0.05, 0.1) is 41.9 Å². The number of hydrogen-bond acceptors (Lipinski definition) is 7. The third kappa shape index (κ3) is 2.56. The Bertz CT molecular complexity index is 1190. The first-order valence-electron chi connectivity index (χ1n) is 9.25. The minimum Gasteiger partial charge on any atom is -0.465 e. The summed E-state index contributed by atoms with van der Waals surface area (Å²) in [5.41, 5.74) is 3.24. The number of ether oxygens (including phenoxy) is 1. The van der Waals surface area contributed by atoms with E-state index in [9.17, 15) is 13.2 Å². The summed E-state index contributed by atoms with van der Waals surface area (Å²) in [6, 6.07) is 3.21. The van der Waals surface area contributed by atoms with E-state index in [0.29, 0.717) is 34.5 Å². The Labute approximate surface area is 161 Å². The molecule has 1 unspecified atom stereocenters. The van der Waals surface area contributed by atoms with Crippen LogP contribution in [0, 0.1) is 0 Å². The standard InChI is InChI=1S/C19H19N3O5S/c1-26-19(23)15-12-4-2-5-13(12)20-18-16(15)17(14-6-3-8-27-14)21-22(18)11-7-9-28(24,25)10-11/h3,6,8,11H,2,4-5,7,9-10H2,1H3. The summed E-state index contributed by atoms with van der Waals surface area (Å²) in [5.74, 6) is 0.226. The number of sulfone groups is 1. The van der Waals surface area contributed by atoms with E-state index < -0.39 is 15.8 Å². The first kappa shape index (κ1) is 17.4. The molecule has 4 heterocycles. The third-order valence-electron chi connectivity index (χ3n) is 5.56. The molecule has 1 atom stereocenters. The molecule has 5 rings (SSSR count). The number of pyridine rings is 1. The second kappa shape index (κ2) is 6.16. The number of hydrogen-bond donors (Lipinski definition) is 0. The fourth-order valence-corrected chi connectivity index (χ4v) is 5.99. The molecular weight excluding hydrogens is 382 g/mol. The number of methoxy groups -OCH3 is 1. The van der Waals surface area contributed by atoms with Crippen LogP contribution in [0.4, 0.5) is 0 Å². The van der Waals surface area contributed by atoms with E-state index in [1.807, 2.05) is 0 Å². The van der Waals surface area contributed by atoms with Crippen molar-refractivity contribution in [1.29, 1.82) is 0 Å². The van der Waals surface area contributed by atoms with Crippen molar-refractivity contribution in [3.05, 3.63) is 35.2 Å². The molecule has 0 aromatic carbocycles. The molecule has 1 fully saturated rings. The molecule has 3 aromatic heterocycles. The van der Waals surface area contributed by atoms with Crippen LogP contribution in [0.3, 0.4) is 0 Å². The Hall–Kier alpha value is -2.68. The van der Waals surface area contributed by atoms with Crippen LogP contribution in [-0.2, 0) is 27.4 Å². The zero-order valence-electron chi connectivity index (χ0n) is 15.3. The maximum Gasteiger partial charge on any atom is 0.339 e. The molecule has 146 valence electrons. The molecule has 3 aromatic rings. The Morgan fingerprint density at radius 3 is 2.89 bits per heavy atom. The summed E-state index contributed by atoms with van der Waals surface area (Å²) in [5, 5.41) is 5.26. The predicted octanol–water partition coefficient (Wildman–Crippen LogP) is 2.33. The molecule has 0 spiro atoms. The van der Waals surface area contributed by atoms with Gasteiger partial charge in [0.2, 0.25) is 0 Å². The van der Waals surface area contributed by atoms with Crippen molar-refractivity contribution in [1.82, 2.24) is 14.8 Å². The topological polar surface area (TPSA) is 104 Å². The van der Waals surface area contributed by atoms with Crippen molar-refractivity contribution in [2.24, 2.45) is 0 Å². The number of fused-ring (bicyclic) bond motifs is 2. The maximum absolute atomic E-state index is 12.7. The molecule has 2 aliphatic rings. The monoisotopic (exact) mass is 401 g/mol. The predicted molar refractivity (Wildman–Crippen MR) is 101 cm³/mol. The number of aryl methyl sites for hydroxylation is 1. The molecule has 28 heavy (non-hydrogen) atoms. The van der Waals surface area contributed by atoms with Crippen LogP contribution in [0.25, 0.3) is 22.5 Å². The second-order valence-corrected chi connectivity index (χ2v) is 9.51. The number of carbonyl (C=O) groups excluding carboxylic acids is 1. The van der Waals surface area contributed by atoms with Gasteiger partial charge in [0.1, 0.15) is 5.69 Å². The first-order chi connectivity index (χ1) is 13.5. The van der Waals surface area contributed by atoms with Gasteiger partial charge in [-0.3, -0.25) is 0 Å². The summed E-state index contributed by atoms with van der Waals surface area (Å²) in [7, 11) is -1.75. The molecule has 0 radical (unpaired) electrons. The highest BCUT2D eigenvalue weighted by Gasteiger charge is 2.35. The Morgan fingerprint density at radius 1 is 1.36 bits per heavy atom. The van der Waals surface area contributed by atoms with Gasteiger partial charge in [-0.2, -0.15) is 5.10 Å². The van der Waals surface area contributed by atoms with E-state index in [-0.39, 0.29) is 17.5 Å². The van der Waals surface area contributed by atoms with Crippen LogP contribution in [-0.4, -0.2) is 47.8 Å². The molecule has 0 N–H and O–H groups in total. The molecule has 0 saturated carbocycles. The van der Waals surface area contributed by atoms with Crippen LogP contribution >= 0.6 is 0 Å². The Morgan fingerprint density at radius 2 is 2.21 bits per heavy atom. The molecule has 1 saturated heterocycles. The first-order valence-corrected chi connectivity index (χ1v) is 11.1. The van der Waals surface area contributed by atoms with Gasteiger partial charge >= 0.3 is 5.97 Å². The summed E-state index contributed by atoms with van der Waals surface area (Å²) in [6.45, 7) is 0. The fraction of sp³-hybridized carbons (Fsp3) is 0.421. The number of carbonyl (C=O) groups is 1. The average Bonchev–Trinajstić information content (AvgIpc) is 3.44. The van der Waals surface area contributed by atoms with Gasteiger partial charge < -0.3 is 9.15 Å². The number of furan rings is 1. The largest absolute Gasteiger partial charge is 0.465 e. The van der Waals surface area contributed by atoms with E-state index in [2.05, 4.69) is 5.10 Å². The quantitative estimate of drug-likeness (QED) is 0.620. The van der Waals surface area contributed by atoms with Gasteiger partial charge in [0.25, 0.3) is 0 Å². The van der Waals surface area contributed by atoms with E-state index in [4.69, 9.17) is 14.1 Å². The van der Waals surface area contributed by atoms with Gasteiger partial charge in [-0.25, -0.2) is 22.9 Å². The van der Waals surface area contributed by atoms with Crippen molar-refractivity contribution in [2.75, 3.05) is 18.6 Å². The van der Waals surface area contributed by atoms with Crippen molar-refractivity contribution in [3.8, 4) is 11.5 Å². The van der Waals surface area contributed by atoms with Crippen molar-refractivity contribution in [3.63, 3.8) is 0 Å². The Kier molecular flexibility index (Phi) is 3.84. The van der Waals surface area contributed by atoms with Crippen molar-refractivity contribution >= 4 is 26.8 Å². The third-order valence-corrected chi connectivity index (χ3v) is 7.32. The van der Waals surface area contributed by atoms with Crippen LogP contribution in [0.5, 0.6) is 0 Å². The van der Waals surface area contributed by atoms with Gasteiger partial charge in [-0.05, 0) is 43.4 Å². The highest BCUT2D eigenvalue weighted by atomic mass is 32.2. The molecular formula is C19H19N3O5S.